The molecule has 5 nitrogen and oxygen atoms in total. The number of nitrogens with zero attached hydrogens (tertiary/aromatic N) is 1. The third kappa shape index (κ3) is 2.66. The van der Waals surface area contributed by atoms with E-state index in [-0.39, 0.29) is 5.63 Å². The Bertz CT molecular complexity index is 707. The molecule has 1 aliphatic heterocycles. The van der Waals surface area contributed by atoms with Crippen LogP contribution in [0.1, 0.15) is 18.1 Å². The summed E-state index contributed by atoms with van der Waals surface area (Å²) in [6.45, 7) is 4.69. The van der Waals surface area contributed by atoms with E-state index < -0.39 is 0 Å². The van der Waals surface area contributed by atoms with Gasteiger partial charge in [-0.25, -0.2) is 4.79 Å². The highest BCUT2D eigenvalue weighted by atomic mass is 16.5. The van der Waals surface area contributed by atoms with Crippen LogP contribution in [-0.4, -0.2) is 31.9 Å². The molecule has 0 N–H and O–H groups in total. The second-order valence-corrected chi connectivity index (χ2v) is 5.18. The molecular weight excluding hydrogens is 270 g/mol. The van der Waals surface area contributed by atoms with Gasteiger partial charge in [-0.3, -0.25) is 4.90 Å². The van der Waals surface area contributed by atoms with Crippen molar-refractivity contribution in [2.24, 2.45) is 0 Å². The molecule has 2 aromatic rings. The fraction of sp³-hybridized carbons (Fsp3) is 0.438. The van der Waals surface area contributed by atoms with Crippen LogP contribution >= 0.6 is 0 Å². The van der Waals surface area contributed by atoms with Gasteiger partial charge in [0, 0.05) is 31.7 Å². The standard InChI is InChI=1S/C16H19NO4/c1-3-11-8-15(18)21-16-12(11)4-5-14-13(16)9-17(10-20-14)6-7-19-2/h4-5,8H,3,6-7,9-10H2,1-2H3. The van der Waals surface area contributed by atoms with Crippen LogP contribution in [0.15, 0.2) is 27.4 Å². The van der Waals surface area contributed by atoms with Gasteiger partial charge in [-0.2, -0.15) is 0 Å². The van der Waals surface area contributed by atoms with Gasteiger partial charge in [0.15, 0.2) is 0 Å². The van der Waals surface area contributed by atoms with Crippen molar-refractivity contribution in [1.29, 1.82) is 0 Å². The molecule has 0 spiro atoms. The van der Waals surface area contributed by atoms with Gasteiger partial charge in [0.2, 0.25) is 0 Å². The van der Waals surface area contributed by atoms with Gasteiger partial charge in [0.25, 0.3) is 0 Å². The third-order valence-electron chi connectivity index (χ3n) is 3.84. The summed E-state index contributed by atoms with van der Waals surface area (Å²) in [5, 5.41) is 0.994. The van der Waals surface area contributed by atoms with Gasteiger partial charge >= 0.3 is 5.63 Å². The van der Waals surface area contributed by atoms with Gasteiger partial charge in [-0.05, 0) is 24.1 Å². The zero-order valence-electron chi connectivity index (χ0n) is 12.3. The Labute approximate surface area is 123 Å². The molecule has 0 amide bonds. The van der Waals surface area contributed by atoms with E-state index in [4.69, 9.17) is 13.9 Å². The van der Waals surface area contributed by atoms with E-state index >= 15 is 0 Å². The maximum Gasteiger partial charge on any atom is 0.336 e. The SMILES string of the molecule is CCc1cc(=O)oc2c3c(ccc12)OCN(CCOC)C3. The Morgan fingerprint density at radius 3 is 3.00 bits per heavy atom. The van der Waals surface area contributed by atoms with Crippen molar-refractivity contribution in [3.8, 4) is 5.75 Å². The molecule has 0 saturated carbocycles. The lowest BCUT2D eigenvalue weighted by Crippen LogP contribution is -2.34. The minimum Gasteiger partial charge on any atom is -0.478 e. The van der Waals surface area contributed by atoms with Crippen LogP contribution in [-0.2, 0) is 17.7 Å². The highest BCUT2D eigenvalue weighted by Crippen LogP contribution is 2.32. The van der Waals surface area contributed by atoms with E-state index in [0.29, 0.717) is 25.5 Å². The molecule has 2 heterocycles. The lowest BCUT2D eigenvalue weighted by Gasteiger charge is -2.29. The van der Waals surface area contributed by atoms with Crippen LogP contribution in [0.2, 0.25) is 0 Å². The third-order valence-corrected chi connectivity index (χ3v) is 3.84. The number of aryl methyl sites for hydroxylation is 1. The van der Waals surface area contributed by atoms with E-state index in [1.54, 1.807) is 13.2 Å². The van der Waals surface area contributed by atoms with Crippen LogP contribution < -0.4 is 10.4 Å². The number of benzene rings is 1. The molecule has 0 aliphatic carbocycles. The maximum atomic E-state index is 11.8. The molecule has 112 valence electrons. The molecule has 0 fully saturated rings. The molecule has 1 aliphatic rings. The van der Waals surface area contributed by atoms with E-state index in [9.17, 15) is 4.79 Å². The summed E-state index contributed by atoms with van der Waals surface area (Å²) >= 11 is 0. The summed E-state index contributed by atoms with van der Waals surface area (Å²) in [6.07, 6.45) is 0.801. The summed E-state index contributed by atoms with van der Waals surface area (Å²) in [4.78, 5) is 13.9. The zero-order valence-corrected chi connectivity index (χ0v) is 12.3. The molecule has 0 bridgehead atoms. The number of hydrogen-bond acceptors (Lipinski definition) is 5. The Morgan fingerprint density at radius 1 is 1.38 bits per heavy atom. The van der Waals surface area contributed by atoms with E-state index in [1.165, 1.54) is 0 Å². The monoisotopic (exact) mass is 289 g/mol. The van der Waals surface area contributed by atoms with E-state index in [2.05, 4.69) is 4.90 Å². The smallest absolute Gasteiger partial charge is 0.336 e. The quantitative estimate of drug-likeness (QED) is 0.807. The molecule has 0 unspecified atom stereocenters. The minimum absolute atomic E-state index is 0.304. The molecule has 0 atom stereocenters. The highest BCUT2D eigenvalue weighted by Gasteiger charge is 2.21. The first-order valence-electron chi connectivity index (χ1n) is 7.15. The summed E-state index contributed by atoms with van der Waals surface area (Å²) in [7, 11) is 1.68. The average Bonchev–Trinajstić information content (AvgIpc) is 2.51. The van der Waals surface area contributed by atoms with Crippen LogP contribution in [0.25, 0.3) is 11.0 Å². The van der Waals surface area contributed by atoms with Crippen molar-refractivity contribution in [2.45, 2.75) is 19.9 Å². The van der Waals surface area contributed by atoms with Gasteiger partial charge in [-0.15, -0.1) is 0 Å². The minimum atomic E-state index is -0.304. The van der Waals surface area contributed by atoms with Crippen LogP contribution in [0.4, 0.5) is 0 Å². The second-order valence-electron chi connectivity index (χ2n) is 5.18. The van der Waals surface area contributed by atoms with E-state index in [1.807, 2.05) is 19.1 Å². The molecule has 3 rings (SSSR count). The van der Waals surface area contributed by atoms with Crippen molar-refractivity contribution in [3.05, 3.63) is 39.7 Å². The zero-order chi connectivity index (χ0) is 14.8. The molecule has 5 heteroatoms. The number of fused-ring (bicyclic) bond motifs is 3. The van der Waals surface area contributed by atoms with E-state index in [0.717, 1.165) is 35.2 Å². The maximum absolute atomic E-state index is 11.8. The lowest BCUT2D eigenvalue weighted by atomic mass is 10.0. The van der Waals surface area contributed by atoms with Crippen LogP contribution in [0, 0.1) is 0 Å². The normalized spacial score (nSPS) is 15.0. The number of ether oxygens (including phenoxy) is 2. The van der Waals surface area contributed by atoms with Crippen LogP contribution in [0.5, 0.6) is 5.75 Å². The Balaban J connectivity index is 2.07. The fourth-order valence-corrected chi connectivity index (χ4v) is 2.70. The number of methoxy groups -OCH3 is 1. The van der Waals surface area contributed by atoms with Gasteiger partial charge < -0.3 is 13.9 Å². The number of rotatable bonds is 4. The lowest BCUT2D eigenvalue weighted by molar-refractivity contribution is 0.0658. The first-order valence-corrected chi connectivity index (χ1v) is 7.15. The molecule has 1 aromatic heterocycles. The first-order chi connectivity index (χ1) is 10.2. The predicted octanol–water partition coefficient (Wildman–Crippen LogP) is 2.15. The fourth-order valence-electron chi connectivity index (χ4n) is 2.70. The molecular formula is C16H19NO4. The Kier molecular flexibility index (Phi) is 3.94. The Morgan fingerprint density at radius 2 is 2.24 bits per heavy atom. The summed E-state index contributed by atoms with van der Waals surface area (Å²) < 4.78 is 16.3. The van der Waals surface area contributed by atoms with Gasteiger partial charge in [-0.1, -0.05) is 6.92 Å². The van der Waals surface area contributed by atoms with Crippen molar-refractivity contribution in [1.82, 2.24) is 4.90 Å². The van der Waals surface area contributed by atoms with Crippen molar-refractivity contribution in [3.63, 3.8) is 0 Å². The van der Waals surface area contributed by atoms with Gasteiger partial charge in [0.05, 0.1) is 12.2 Å². The summed E-state index contributed by atoms with van der Waals surface area (Å²) in [6, 6.07) is 5.51. The summed E-state index contributed by atoms with van der Waals surface area (Å²) in [5.74, 6) is 0.799. The van der Waals surface area contributed by atoms with Crippen LogP contribution in [0.3, 0.4) is 0 Å². The Hall–Kier alpha value is -1.85. The molecule has 0 radical (unpaired) electrons. The highest BCUT2D eigenvalue weighted by molar-refractivity contribution is 5.85. The summed E-state index contributed by atoms with van der Waals surface area (Å²) in [5.41, 5.74) is 2.31. The van der Waals surface area contributed by atoms with Gasteiger partial charge in [0.1, 0.15) is 18.1 Å². The molecule has 1 aromatic carbocycles. The largest absolute Gasteiger partial charge is 0.478 e. The average molecular weight is 289 g/mol. The predicted molar refractivity (Wildman–Crippen MR) is 79.6 cm³/mol. The van der Waals surface area contributed by atoms with Crippen molar-refractivity contribution in [2.75, 3.05) is 27.0 Å². The second kappa shape index (κ2) is 5.87. The first kappa shape index (κ1) is 14.1. The molecule has 21 heavy (non-hydrogen) atoms. The molecule has 0 saturated heterocycles. The number of hydrogen-bond donors (Lipinski definition) is 0. The topological polar surface area (TPSA) is 51.9 Å². The van der Waals surface area contributed by atoms with Crippen molar-refractivity contribution >= 4 is 11.0 Å². The van der Waals surface area contributed by atoms with Crippen molar-refractivity contribution < 1.29 is 13.9 Å².